The SMILES string of the molecule is Cc1cc(=O)oc2ccc(OC(C)C(=O)Nc3cnn(C)n3)cc12. The maximum Gasteiger partial charge on any atom is 0.336 e. The molecule has 0 aliphatic carbocycles. The number of carbonyl (C=O) groups is 1. The summed E-state index contributed by atoms with van der Waals surface area (Å²) in [6, 6.07) is 6.44. The Labute approximate surface area is 137 Å². The van der Waals surface area contributed by atoms with E-state index in [2.05, 4.69) is 15.5 Å². The molecule has 0 saturated carbocycles. The first-order chi connectivity index (χ1) is 11.4. The van der Waals surface area contributed by atoms with Crippen LogP contribution in [0, 0.1) is 6.92 Å². The van der Waals surface area contributed by atoms with Gasteiger partial charge in [-0.05, 0) is 37.6 Å². The van der Waals surface area contributed by atoms with E-state index in [0.717, 1.165) is 10.9 Å². The van der Waals surface area contributed by atoms with Crippen molar-refractivity contribution in [2.45, 2.75) is 20.0 Å². The minimum absolute atomic E-state index is 0.341. The number of aromatic nitrogens is 3. The number of hydrogen-bond donors (Lipinski definition) is 1. The summed E-state index contributed by atoms with van der Waals surface area (Å²) in [6.45, 7) is 3.45. The number of benzene rings is 1. The van der Waals surface area contributed by atoms with Gasteiger partial charge in [0.05, 0.1) is 6.20 Å². The Kier molecular flexibility index (Phi) is 4.03. The average molecular weight is 328 g/mol. The first-order valence-corrected chi connectivity index (χ1v) is 7.31. The smallest absolute Gasteiger partial charge is 0.336 e. The Morgan fingerprint density at radius 2 is 2.17 bits per heavy atom. The molecule has 0 aliphatic rings. The molecule has 2 heterocycles. The number of fused-ring (bicyclic) bond motifs is 1. The number of rotatable bonds is 4. The largest absolute Gasteiger partial charge is 0.481 e. The lowest BCUT2D eigenvalue weighted by Gasteiger charge is -2.14. The fourth-order valence-electron chi connectivity index (χ4n) is 2.26. The molecule has 1 unspecified atom stereocenters. The molecule has 1 aromatic carbocycles. The summed E-state index contributed by atoms with van der Waals surface area (Å²) in [4.78, 5) is 24.8. The maximum absolute atomic E-state index is 12.1. The summed E-state index contributed by atoms with van der Waals surface area (Å²) in [6.07, 6.45) is 0.715. The van der Waals surface area contributed by atoms with E-state index in [1.165, 1.54) is 17.1 Å². The fourth-order valence-corrected chi connectivity index (χ4v) is 2.26. The van der Waals surface area contributed by atoms with Crippen molar-refractivity contribution in [3.8, 4) is 5.75 Å². The lowest BCUT2D eigenvalue weighted by molar-refractivity contribution is -0.122. The van der Waals surface area contributed by atoms with Crippen molar-refractivity contribution in [1.82, 2.24) is 15.0 Å². The molecule has 0 radical (unpaired) electrons. The molecule has 8 nitrogen and oxygen atoms in total. The maximum atomic E-state index is 12.1. The van der Waals surface area contributed by atoms with Gasteiger partial charge in [-0.25, -0.2) is 4.79 Å². The molecule has 0 bridgehead atoms. The summed E-state index contributed by atoms with van der Waals surface area (Å²) in [5.41, 5.74) is 0.859. The van der Waals surface area contributed by atoms with Gasteiger partial charge in [-0.2, -0.15) is 9.90 Å². The minimum Gasteiger partial charge on any atom is -0.481 e. The highest BCUT2D eigenvalue weighted by Gasteiger charge is 2.16. The van der Waals surface area contributed by atoms with Gasteiger partial charge in [0.1, 0.15) is 11.3 Å². The third-order valence-electron chi connectivity index (χ3n) is 3.45. The van der Waals surface area contributed by atoms with Crippen molar-refractivity contribution in [3.05, 3.63) is 46.4 Å². The normalized spacial score (nSPS) is 12.1. The summed E-state index contributed by atoms with van der Waals surface area (Å²) >= 11 is 0. The van der Waals surface area contributed by atoms with E-state index >= 15 is 0 Å². The molecule has 0 aliphatic heterocycles. The minimum atomic E-state index is -0.736. The van der Waals surface area contributed by atoms with Gasteiger partial charge in [-0.3, -0.25) is 4.79 Å². The molecule has 3 aromatic rings. The first-order valence-electron chi connectivity index (χ1n) is 7.31. The molecule has 2 aromatic heterocycles. The molecule has 3 rings (SSSR count). The fraction of sp³-hybridized carbons (Fsp3) is 0.250. The number of anilines is 1. The third-order valence-corrected chi connectivity index (χ3v) is 3.45. The second-order valence-corrected chi connectivity index (χ2v) is 5.37. The molecular formula is C16H16N4O4. The highest BCUT2D eigenvalue weighted by atomic mass is 16.5. The van der Waals surface area contributed by atoms with Crippen molar-refractivity contribution in [3.63, 3.8) is 0 Å². The Morgan fingerprint density at radius 1 is 1.38 bits per heavy atom. The summed E-state index contributed by atoms with van der Waals surface area (Å²) < 4.78 is 10.8. The molecule has 0 saturated heterocycles. The van der Waals surface area contributed by atoms with Crippen LogP contribution in [0.2, 0.25) is 0 Å². The van der Waals surface area contributed by atoms with Crippen LogP contribution in [0.25, 0.3) is 11.0 Å². The Hall–Kier alpha value is -3.16. The summed E-state index contributed by atoms with van der Waals surface area (Å²) in [5, 5.41) is 11.2. The molecule has 124 valence electrons. The molecule has 24 heavy (non-hydrogen) atoms. The number of hydrogen-bond acceptors (Lipinski definition) is 6. The molecule has 1 amide bonds. The van der Waals surface area contributed by atoms with Crippen LogP contribution in [-0.2, 0) is 11.8 Å². The van der Waals surface area contributed by atoms with Crippen LogP contribution in [0.1, 0.15) is 12.5 Å². The van der Waals surface area contributed by atoms with E-state index in [-0.39, 0.29) is 5.91 Å². The number of nitrogens with zero attached hydrogens (tertiary/aromatic N) is 3. The van der Waals surface area contributed by atoms with Crippen molar-refractivity contribution >= 4 is 22.7 Å². The highest BCUT2D eigenvalue weighted by molar-refractivity contribution is 5.93. The predicted molar refractivity (Wildman–Crippen MR) is 86.9 cm³/mol. The van der Waals surface area contributed by atoms with E-state index in [0.29, 0.717) is 17.2 Å². The Balaban J connectivity index is 1.76. The third kappa shape index (κ3) is 3.27. The Morgan fingerprint density at radius 3 is 2.88 bits per heavy atom. The van der Waals surface area contributed by atoms with E-state index in [9.17, 15) is 9.59 Å². The summed E-state index contributed by atoms with van der Waals surface area (Å²) in [7, 11) is 1.66. The zero-order valence-corrected chi connectivity index (χ0v) is 13.4. The van der Waals surface area contributed by atoms with Crippen molar-refractivity contribution in [2.24, 2.45) is 7.05 Å². The average Bonchev–Trinajstić information content (AvgIpc) is 2.92. The topological polar surface area (TPSA) is 99.2 Å². The number of aryl methyl sites for hydroxylation is 2. The lowest BCUT2D eigenvalue weighted by atomic mass is 10.1. The number of carbonyl (C=O) groups excluding carboxylic acids is 1. The second-order valence-electron chi connectivity index (χ2n) is 5.37. The zero-order chi connectivity index (χ0) is 17.3. The van der Waals surface area contributed by atoms with Gasteiger partial charge in [0, 0.05) is 18.5 Å². The lowest BCUT2D eigenvalue weighted by Crippen LogP contribution is -2.30. The van der Waals surface area contributed by atoms with Crippen LogP contribution in [0.5, 0.6) is 5.75 Å². The standard InChI is InChI=1S/C16H16N4O4/c1-9-6-15(21)24-13-5-4-11(7-12(9)13)23-10(2)16(22)18-14-8-17-20(3)19-14/h4-8,10H,1-3H3,(H,18,19,22). The van der Waals surface area contributed by atoms with Gasteiger partial charge in [0.25, 0.3) is 5.91 Å². The van der Waals surface area contributed by atoms with Crippen molar-refractivity contribution in [1.29, 1.82) is 0 Å². The van der Waals surface area contributed by atoms with Crippen LogP contribution in [0.15, 0.2) is 39.7 Å². The van der Waals surface area contributed by atoms with Crippen LogP contribution in [0.4, 0.5) is 5.82 Å². The van der Waals surface area contributed by atoms with Gasteiger partial charge in [0.2, 0.25) is 0 Å². The molecule has 0 spiro atoms. The predicted octanol–water partition coefficient (Wildman–Crippen LogP) is 1.64. The van der Waals surface area contributed by atoms with Crippen LogP contribution in [0.3, 0.4) is 0 Å². The summed E-state index contributed by atoms with van der Waals surface area (Å²) in [5.74, 6) is 0.516. The number of ether oxygens (including phenoxy) is 1. The van der Waals surface area contributed by atoms with Gasteiger partial charge in [-0.15, -0.1) is 5.10 Å². The number of amides is 1. The molecule has 0 fully saturated rings. The van der Waals surface area contributed by atoms with Gasteiger partial charge in [-0.1, -0.05) is 0 Å². The first kappa shape index (κ1) is 15.7. The zero-order valence-electron chi connectivity index (χ0n) is 13.4. The van der Waals surface area contributed by atoms with Crippen molar-refractivity contribution < 1.29 is 13.9 Å². The van der Waals surface area contributed by atoms with E-state index in [4.69, 9.17) is 9.15 Å². The molecule has 1 N–H and O–H groups in total. The van der Waals surface area contributed by atoms with Crippen LogP contribution in [-0.4, -0.2) is 27.0 Å². The van der Waals surface area contributed by atoms with E-state index < -0.39 is 11.7 Å². The Bertz CT molecular complexity index is 960. The van der Waals surface area contributed by atoms with Crippen molar-refractivity contribution in [2.75, 3.05) is 5.32 Å². The number of nitrogens with one attached hydrogen (secondary N) is 1. The highest BCUT2D eigenvalue weighted by Crippen LogP contribution is 2.23. The van der Waals surface area contributed by atoms with E-state index in [1.54, 1.807) is 32.2 Å². The van der Waals surface area contributed by atoms with E-state index in [1.807, 2.05) is 6.92 Å². The molecule has 8 heteroatoms. The monoisotopic (exact) mass is 328 g/mol. The van der Waals surface area contributed by atoms with Crippen LogP contribution < -0.4 is 15.7 Å². The van der Waals surface area contributed by atoms with Gasteiger partial charge in [0.15, 0.2) is 11.9 Å². The van der Waals surface area contributed by atoms with Gasteiger partial charge >= 0.3 is 5.63 Å². The molecule has 1 atom stereocenters. The molecular weight excluding hydrogens is 312 g/mol. The van der Waals surface area contributed by atoms with Crippen LogP contribution >= 0.6 is 0 Å². The van der Waals surface area contributed by atoms with Gasteiger partial charge < -0.3 is 14.5 Å². The quantitative estimate of drug-likeness (QED) is 0.731. The second kappa shape index (κ2) is 6.15.